The predicted molar refractivity (Wildman–Crippen MR) is 93.2 cm³/mol. The van der Waals surface area contributed by atoms with Gasteiger partial charge in [-0.25, -0.2) is 0 Å². The Bertz CT molecular complexity index is 632. The van der Waals surface area contributed by atoms with Gasteiger partial charge in [-0.2, -0.15) is 13.2 Å². The highest BCUT2D eigenvalue weighted by Crippen LogP contribution is 2.45. The Labute approximate surface area is 148 Å². The summed E-state index contributed by atoms with van der Waals surface area (Å²) in [7, 11) is 0. The molecule has 1 rings (SSSR count). The molecule has 0 N–H and O–H groups in total. The molecule has 0 bridgehead atoms. The molecule has 0 aromatic heterocycles. The van der Waals surface area contributed by atoms with Crippen LogP contribution in [-0.4, -0.2) is 17.7 Å². The first kappa shape index (κ1) is 21.7. The van der Waals surface area contributed by atoms with Gasteiger partial charge in [0.1, 0.15) is 0 Å². The number of hydrogen-bond acceptors (Lipinski definition) is 2. The SMILES string of the molecule is CC1=C(C)C(=O)C(C(C)(C)CC(C)(C)CCCC(F)(F)F)=C(C)C1=O. The van der Waals surface area contributed by atoms with Gasteiger partial charge in [-0.15, -0.1) is 0 Å². The Morgan fingerprint density at radius 3 is 1.72 bits per heavy atom. The van der Waals surface area contributed by atoms with Crippen molar-refractivity contribution in [2.45, 2.75) is 80.3 Å². The number of allylic oxidation sites excluding steroid dienone is 4. The van der Waals surface area contributed by atoms with E-state index in [4.69, 9.17) is 0 Å². The van der Waals surface area contributed by atoms with Crippen molar-refractivity contribution < 1.29 is 22.8 Å². The molecule has 0 radical (unpaired) electrons. The van der Waals surface area contributed by atoms with Gasteiger partial charge in [0.15, 0.2) is 11.6 Å². The van der Waals surface area contributed by atoms with Crippen molar-refractivity contribution >= 4 is 11.6 Å². The Morgan fingerprint density at radius 1 is 0.760 bits per heavy atom. The Kier molecular flexibility index (Phi) is 6.13. The highest BCUT2D eigenvalue weighted by Gasteiger charge is 2.40. The van der Waals surface area contributed by atoms with Crippen LogP contribution in [0.1, 0.15) is 74.1 Å². The fourth-order valence-electron chi connectivity index (χ4n) is 4.05. The Morgan fingerprint density at radius 2 is 1.24 bits per heavy atom. The third-order valence-electron chi connectivity index (χ3n) is 5.10. The minimum atomic E-state index is -4.14. The molecule has 1 aliphatic carbocycles. The lowest BCUT2D eigenvalue weighted by Crippen LogP contribution is -2.33. The topological polar surface area (TPSA) is 34.1 Å². The van der Waals surface area contributed by atoms with E-state index in [1.807, 2.05) is 27.7 Å². The first-order valence-corrected chi connectivity index (χ1v) is 8.64. The van der Waals surface area contributed by atoms with Crippen molar-refractivity contribution in [3.8, 4) is 0 Å². The number of rotatable bonds is 6. The van der Waals surface area contributed by atoms with E-state index < -0.39 is 18.0 Å². The third kappa shape index (κ3) is 5.29. The number of carbonyl (C=O) groups is 2. The van der Waals surface area contributed by atoms with E-state index in [0.29, 0.717) is 35.1 Å². The van der Waals surface area contributed by atoms with Gasteiger partial charge in [-0.1, -0.05) is 27.7 Å². The fourth-order valence-corrected chi connectivity index (χ4v) is 4.05. The van der Waals surface area contributed by atoms with E-state index in [2.05, 4.69) is 0 Å². The molecule has 142 valence electrons. The van der Waals surface area contributed by atoms with Crippen LogP contribution < -0.4 is 0 Å². The lowest BCUT2D eigenvalue weighted by atomic mass is 9.65. The molecule has 0 saturated carbocycles. The molecule has 0 saturated heterocycles. The average molecular weight is 358 g/mol. The molecule has 0 aromatic carbocycles. The summed E-state index contributed by atoms with van der Waals surface area (Å²) in [5.41, 5.74) is 0.962. The van der Waals surface area contributed by atoms with E-state index in [1.54, 1.807) is 20.8 Å². The molecule has 0 unspecified atom stereocenters. The molecule has 0 spiro atoms. The number of carbonyl (C=O) groups excluding carboxylic acids is 2. The Hall–Kier alpha value is -1.39. The average Bonchev–Trinajstić information content (AvgIpc) is 2.39. The van der Waals surface area contributed by atoms with E-state index in [-0.39, 0.29) is 23.4 Å². The molecule has 0 atom stereocenters. The standard InChI is InChI=1S/C20H29F3O2/c1-12-13(2)17(25)15(14(3)16(12)24)19(6,7)11-18(4,5)9-8-10-20(21,22)23/h8-11H2,1-7H3. The minimum absolute atomic E-state index is 0.0650. The number of hydrogen-bond donors (Lipinski definition) is 0. The predicted octanol–water partition coefficient (Wildman–Crippen LogP) is 5.97. The van der Waals surface area contributed by atoms with Gasteiger partial charge in [-0.3, -0.25) is 9.59 Å². The minimum Gasteiger partial charge on any atom is -0.289 e. The molecule has 25 heavy (non-hydrogen) atoms. The van der Waals surface area contributed by atoms with E-state index in [9.17, 15) is 22.8 Å². The van der Waals surface area contributed by atoms with Crippen LogP contribution >= 0.6 is 0 Å². The maximum atomic E-state index is 12.8. The molecule has 0 aromatic rings. The lowest BCUT2D eigenvalue weighted by Gasteiger charge is -2.38. The van der Waals surface area contributed by atoms with Crippen molar-refractivity contribution in [1.82, 2.24) is 0 Å². The molecule has 0 amide bonds. The summed E-state index contributed by atoms with van der Waals surface area (Å²) in [4.78, 5) is 25.1. The number of Topliss-reactive ketones (excluding diaryl/α,β-unsaturated/α-hetero) is 2. The summed E-state index contributed by atoms with van der Waals surface area (Å²) in [5, 5.41) is 0. The lowest BCUT2D eigenvalue weighted by molar-refractivity contribution is -0.136. The van der Waals surface area contributed by atoms with Crippen LogP contribution in [0, 0.1) is 10.8 Å². The van der Waals surface area contributed by atoms with Crippen LogP contribution in [0.4, 0.5) is 13.2 Å². The van der Waals surface area contributed by atoms with Crippen LogP contribution in [0.5, 0.6) is 0 Å². The molecule has 0 aliphatic heterocycles. The number of ketones is 2. The first-order valence-electron chi connectivity index (χ1n) is 8.64. The van der Waals surface area contributed by atoms with Crippen molar-refractivity contribution in [3.63, 3.8) is 0 Å². The van der Waals surface area contributed by atoms with Gasteiger partial charge in [0, 0.05) is 28.7 Å². The molecule has 2 nitrogen and oxygen atoms in total. The van der Waals surface area contributed by atoms with Crippen molar-refractivity contribution in [2.75, 3.05) is 0 Å². The summed E-state index contributed by atoms with van der Waals surface area (Å²) in [6, 6.07) is 0. The zero-order valence-corrected chi connectivity index (χ0v) is 16.3. The molecule has 0 fully saturated rings. The van der Waals surface area contributed by atoms with Crippen molar-refractivity contribution in [1.29, 1.82) is 0 Å². The van der Waals surface area contributed by atoms with E-state index >= 15 is 0 Å². The van der Waals surface area contributed by atoms with Gasteiger partial charge in [0.2, 0.25) is 0 Å². The van der Waals surface area contributed by atoms with Gasteiger partial charge in [-0.05, 0) is 50.9 Å². The third-order valence-corrected chi connectivity index (χ3v) is 5.10. The highest BCUT2D eigenvalue weighted by molar-refractivity contribution is 6.25. The second kappa shape index (κ2) is 7.08. The molecular weight excluding hydrogens is 329 g/mol. The molecule has 5 heteroatoms. The summed E-state index contributed by atoms with van der Waals surface area (Å²) < 4.78 is 37.2. The summed E-state index contributed by atoms with van der Waals surface area (Å²) in [6.45, 7) is 12.6. The zero-order valence-electron chi connectivity index (χ0n) is 16.3. The Balaban J connectivity index is 3.00. The maximum absolute atomic E-state index is 12.8. The second-order valence-corrected chi connectivity index (χ2v) is 8.60. The second-order valence-electron chi connectivity index (χ2n) is 8.60. The van der Waals surface area contributed by atoms with Crippen LogP contribution in [0.25, 0.3) is 0 Å². The maximum Gasteiger partial charge on any atom is 0.389 e. The van der Waals surface area contributed by atoms with Crippen LogP contribution in [0.15, 0.2) is 22.3 Å². The quantitative estimate of drug-likeness (QED) is 0.549. The molecule has 0 heterocycles. The first-order chi connectivity index (χ1) is 11.1. The van der Waals surface area contributed by atoms with Gasteiger partial charge in [0.25, 0.3) is 0 Å². The van der Waals surface area contributed by atoms with Crippen LogP contribution in [0.3, 0.4) is 0 Å². The smallest absolute Gasteiger partial charge is 0.289 e. The van der Waals surface area contributed by atoms with E-state index in [0.717, 1.165) is 0 Å². The van der Waals surface area contributed by atoms with E-state index in [1.165, 1.54) is 0 Å². The van der Waals surface area contributed by atoms with Crippen LogP contribution in [-0.2, 0) is 9.59 Å². The van der Waals surface area contributed by atoms with Crippen molar-refractivity contribution in [2.24, 2.45) is 10.8 Å². The monoisotopic (exact) mass is 358 g/mol. The number of halogens is 3. The normalized spacial score (nSPS) is 17.7. The zero-order chi connectivity index (χ0) is 19.8. The summed E-state index contributed by atoms with van der Waals surface area (Å²) in [6.07, 6.45) is -3.92. The van der Waals surface area contributed by atoms with Gasteiger partial charge >= 0.3 is 6.18 Å². The van der Waals surface area contributed by atoms with Crippen molar-refractivity contribution in [3.05, 3.63) is 22.3 Å². The number of alkyl halides is 3. The fraction of sp³-hybridized carbons (Fsp3) is 0.700. The summed E-state index contributed by atoms with van der Waals surface area (Å²) >= 11 is 0. The molecular formula is C20H29F3O2. The largest absolute Gasteiger partial charge is 0.389 e. The van der Waals surface area contributed by atoms with Gasteiger partial charge in [0.05, 0.1) is 0 Å². The highest BCUT2D eigenvalue weighted by atomic mass is 19.4. The van der Waals surface area contributed by atoms with Gasteiger partial charge < -0.3 is 0 Å². The summed E-state index contributed by atoms with van der Waals surface area (Å²) in [5.74, 6) is -0.235. The van der Waals surface area contributed by atoms with Crippen LogP contribution in [0.2, 0.25) is 0 Å². The molecule has 1 aliphatic rings.